The first-order chi connectivity index (χ1) is 10.0. The van der Waals surface area contributed by atoms with Gasteiger partial charge in [-0.2, -0.15) is 4.98 Å². The van der Waals surface area contributed by atoms with Crippen molar-refractivity contribution in [3.8, 4) is 22.8 Å². The molecule has 0 saturated heterocycles. The zero-order chi connectivity index (χ0) is 15.0. The largest absolute Gasteiger partial charge is 0.399 e. The Kier molecular flexibility index (Phi) is 3.09. The van der Waals surface area contributed by atoms with Gasteiger partial charge in [0, 0.05) is 16.8 Å². The third-order valence-corrected chi connectivity index (χ3v) is 2.83. The van der Waals surface area contributed by atoms with Crippen LogP contribution in [0.3, 0.4) is 0 Å². The number of nitrogens with zero attached hydrogens (tertiary/aromatic N) is 2. The molecule has 3 aromatic rings. The maximum absolute atomic E-state index is 13.2. The van der Waals surface area contributed by atoms with Crippen LogP contribution >= 0.6 is 0 Å². The molecule has 0 bridgehead atoms. The summed E-state index contributed by atoms with van der Waals surface area (Å²) < 4.78 is 44.2. The first kappa shape index (κ1) is 13.2. The lowest BCUT2D eigenvalue weighted by atomic mass is 10.2. The predicted molar refractivity (Wildman–Crippen MR) is 69.5 cm³/mol. The lowest BCUT2D eigenvalue weighted by molar-refractivity contribution is 0.427. The van der Waals surface area contributed by atoms with Gasteiger partial charge in [0.15, 0.2) is 17.5 Å². The topological polar surface area (TPSA) is 64.9 Å². The lowest BCUT2D eigenvalue weighted by Gasteiger charge is -1.98. The zero-order valence-corrected chi connectivity index (χ0v) is 10.5. The highest BCUT2D eigenvalue weighted by molar-refractivity contribution is 5.61. The van der Waals surface area contributed by atoms with Crippen molar-refractivity contribution in [2.24, 2.45) is 0 Å². The third-order valence-electron chi connectivity index (χ3n) is 2.83. The summed E-state index contributed by atoms with van der Waals surface area (Å²) in [6, 6.07) is 8.24. The number of nitrogens with two attached hydrogens (primary N) is 1. The van der Waals surface area contributed by atoms with E-state index in [1.54, 1.807) is 24.3 Å². The van der Waals surface area contributed by atoms with Crippen molar-refractivity contribution in [1.29, 1.82) is 0 Å². The van der Waals surface area contributed by atoms with Crippen LogP contribution < -0.4 is 5.73 Å². The molecule has 3 rings (SSSR count). The summed E-state index contributed by atoms with van der Waals surface area (Å²) in [6.45, 7) is 0. The smallest absolute Gasteiger partial charge is 0.258 e. The van der Waals surface area contributed by atoms with Crippen LogP contribution in [0.4, 0.5) is 18.9 Å². The fourth-order valence-electron chi connectivity index (χ4n) is 1.77. The van der Waals surface area contributed by atoms with Crippen molar-refractivity contribution in [1.82, 2.24) is 10.1 Å². The Morgan fingerprint density at radius 3 is 2.14 bits per heavy atom. The second-order valence-electron chi connectivity index (χ2n) is 4.30. The molecular weight excluding hydrogens is 283 g/mol. The van der Waals surface area contributed by atoms with Gasteiger partial charge in [-0.05, 0) is 36.4 Å². The van der Waals surface area contributed by atoms with Crippen LogP contribution in [0.1, 0.15) is 0 Å². The van der Waals surface area contributed by atoms with Crippen molar-refractivity contribution in [2.45, 2.75) is 0 Å². The Balaban J connectivity index is 2.00. The van der Waals surface area contributed by atoms with E-state index >= 15 is 0 Å². The molecule has 1 heterocycles. The van der Waals surface area contributed by atoms with Crippen molar-refractivity contribution in [3.63, 3.8) is 0 Å². The SMILES string of the molecule is Nc1ccc(-c2noc(-c3cc(F)c(F)c(F)c3)n2)cc1. The second kappa shape index (κ2) is 4.93. The first-order valence-corrected chi connectivity index (χ1v) is 5.89. The highest BCUT2D eigenvalue weighted by Gasteiger charge is 2.16. The van der Waals surface area contributed by atoms with E-state index in [2.05, 4.69) is 10.1 Å². The fraction of sp³-hybridized carbons (Fsp3) is 0. The molecule has 0 radical (unpaired) electrons. The number of anilines is 1. The van der Waals surface area contributed by atoms with Gasteiger partial charge in [0.25, 0.3) is 5.89 Å². The van der Waals surface area contributed by atoms with Gasteiger partial charge < -0.3 is 10.3 Å². The normalized spacial score (nSPS) is 10.8. The molecule has 0 spiro atoms. The average Bonchev–Trinajstić information content (AvgIpc) is 2.95. The second-order valence-corrected chi connectivity index (χ2v) is 4.30. The summed E-state index contributed by atoms with van der Waals surface area (Å²) in [4.78, 5) is 4.02. The number of hydrogen-bond donors (Lipinski definition) is 1. The van der Waals surface area contributed by atoms with Crippen molar-refractivity contribution in [2.75, 3.05) is 5.73 Å². The van der Waals surface area contributed by atoms with Crippen LogP contribution in [-0.2, 0) is 0 Å². The molecular formula is C14H8F3N3O. The van der Waals surface area contributed by atoms with Gasteiger partial charge in [-0.15, -0.1) is 0 Å². The summed E-state index contributed by atoms with van der Waals surface area (Å²) in [5, 5.41) is 3.71. The van der Waals surface area contributed by atoms with E-state index in [0.717, 1.165) is 12.1 Å². The number of hydrogen-bond acceptors (Lipinski definition) is 4. The zero-order valence-electron chi connectivity index (χ0n) is 10.5. The van der Waals surface area contributed by atoms with Crippen LogP contribution in [-0.4, -0.2) is 10.1 Å². The number of aromatic nitrogens is 2. The third kappa shape index (κ3) is 2.45. The number of benzene rings is 2. The van der Waals surface area contributed by atoms with E-state index in [0.29, 0.717) is 11.3 Å². The number of nitrogen functional groups attached to an aromatic ring is 1. The van der Waals surface area contributed by atoms with E-state index in [4.69, 9.17) is 10.3 Å². The van der Waals surface area contributed by atoms with E-state index in [1.165, 1.54) is 0 Å². The lowest BCUT2D eigenvalue weighted by Crippen LogP contribution is -1.92. The minimum atomic E-state index is -1.54. The van der Waals surface area contributed by atoms with Crippen LogP contribution in [0, 0.1) is 17.5 Å². The maximum atomic E-state index is 13.2. The minimum Gasteiger partial charge on any atom is -0.399 e. The summed E-state index contributed by atoms with van der Waals surface area (Å²) in [5.74, 6) is -4.07. The van der Waals surface area contributed by atoms with Gasteiger partial charge in [0.1, 0.15) is 0 Å². The van der Waals surface area contributed by atoms with Crippen molar-refractivity contribution >= 4 is 5.69 Å². The van der Waals surface area contributed by atoms with Gasteiger partial charge in [0.2, 0.25) is 5.82 Å². The first-order valence-electron chi connectivity index (χ1n) is 5.89. The Morgan fingerprint density at radius 1 is 0.905 bits per heavy atom. The molecule has 0 aliphatic carbocycles. The van der Waals surface area contributed by atoms with Crippen LogP contribution in [0.2, 0.25) is 0 Å². The van der Waals surface area contributed by atoms with E-state index in [9.17, 15) is 13.2 Å². The molecule has 0 atom stereocenters. The number of halogens is 3. The Hall–Kier alpha value is -2.83. The van der Waals surface area contributed by atoms with Gasteiger partial charge in [0.05, 0.1) is 0 Å². The van der Waals surface area contributed by atoms with Crippen LogP contribution in [0.25, 0.3) is 22.8 Å². The Morgan fingerprint density at radius 2 is 1.52 bits per heavy atom. The van der Waals surface area contributed by atoms with Crippen molar-refractivity contribution in [3.05, 3.63) is 53.8 Å². The van der Waals surface area contributed by atoms with Crippen LogP contribution in [0.5, 0.6) is 0 Å². The average molecular weight is 291 g/mol. The van der Waals surface area contributed by atoms with Gasteiger partial charge in [-0.25, -0.2) is 13.2 Å². The molecule has 0 aliphatic rings. The molecule has 106 valence electrons. The maximum Gasteiger partial charge on any atom is 0.258 e. The molecule has 0 aliphatic heterocycles. The van der Waals surface area contributed by atoms with E-state index in [-0.39, 0.29) is 17.3 Å². The Labute approximate surface area is 117 Å². The summed E-state index contributed by atoms with van der Waals surface area (Å²) in [5.41, 5.74) is 6.73. The molecule has 1 aromatic heterocycles. The quantitative estimate of drug-likeness (QED) is 0.580. The van der Waals surface area contributed by atoms with E-state index < -0.39 is 17.5 Å². The standard InChI is InChI=1S/C14H8F3N3O/c15-10-5-8(6-11(16)12(10)17)14-19-13(20-21-14)7-1-3-9(18)4-2-7/h1-6H,18H2. The molecule has 2 N–H and O–H groups in total. The summed E-state index contributed by atoms with van der Waals surface area (Å²) in [7, 11) is 0. The molecule has 0 unspecified atom stereocenters. The molecule has 0 saturated carbocycles. The monoisotopic (exact) mass is 291 g/mol. The molecule has 4 nitrogen and oxygen atoms in total. The van der Waals surface area contributed by atoms with Gasteiger partial charge >= 0.3 is 0 Å². The molecule has 21 heavy (non-hydrogen) atoms. The summed E-state index contributed by atoms with van der Waals surface area (Å²) in [6.07, 6.45) is 0. The van der Waals surface area contributed by atoms with Gasteiger partial charge in [-0.3, -0.25) is 0 Å². The molecule has 2 aromatic carbocycles. The number of rotatable bonds is 2. The van der Waals surface area contributed by atoms with Gasteiger partial charge in [-0.1, -0.05) is 5.16 Å². The molecule has 0 amide bonds. The predicted octanol–water partition coefficient (Wildman–Crippen LogP) is 3.40. The minimum absolute atomic E-state index is 0.0411. The summed E-state index contributed by atoms with van der Waals surface area (Å²) >= 11 is 0. The highest BCUT2D eigenvalue weighted by Crippen LogP contribution is 2.25. The van der Waals surface area contributed by atoms with E-state index in [1.807, 2.05) is 0 Å². The highest BCUT2D eigenvalue weighted by atomic mass is 19.2. The van der Waals surface area contributed by atoms with Crippen LogP contribution in [0.15, 0.2) is 40.9 Å². The van der Waals surface area contributed by atoms with Crippen molar-refractivity contribution < 1.29 is 17.7 Å². The Bertz CT molecular complexity index is 776. The molecule has 7 heteroatoms. The molecule has 0 fully saturated rings. The fourth-order valence-corrected chi connectivity index (χ4v) is 1.77.